The van der Waals surface area contributed by atoms with Crippen molar-refractivity contribution in [2.24, 2.45) is 0 Å². The summed E-state index contributed by atoms with van der Waals surface area (Å²) in [6, 6.07) is 4.23. The summed E-state index contributed by atoms with van der Waals surface area (Å²) in [6.07, 6.45) is 7.69. The molecule has 0 unspecified atom stereocenters. The summed E-state index contributed by atoms with van der Waals surface area (Å²) < 4.78 is 5.61. The first-order valence-corrected chi connectivity index (χ1v) is 7.83. The summed E-state index contributed by atoms with van der Waals surface area (Å²) in [5.41, 5.74) is 0.996. The summed E-state index contributed by atoms with van der Waals surface area (Å²) in [7, 11) is 0. The number of carbonyl (C=O) groups is 1. The summed E-state index contributed by atoms with van der Waals surface area (Å²) in [4.78, 5) is 18.6. The summed E-state index contributed by atoms with van der Waals surface area (Å²) in [6.45, 7) is 3.62. The van der Waals surface area contributed by atoms with Crippen molar-refractivity contribution in [2.45, 2.75) is 37.8 Å². The summed E-state index contributed by atoms with van der Waals surface area (Å²) in [5.74, 6) is 0.0682. The third kappa shape index (κ3) is 3.80. The van der Waals surface area contributed by atoms with Crippen LogP contribution in [0.5, 0.6) is 0 Å². The fourth-order valence-electron chi connectivity index (χ4n) is 3.23. The second-order valence-electron chi connectivity index (χ2n) is 5.91. The molecule has 2 aliphatic heterocycles. The Morgan fingerprint density at radius 2 is 2.00 bits per heavy atom. The Bertz CT molecular complexity index is 460. The van der Waals surface area contributed by atoms with Gasteiger partial charge in [-0.2, -0.15) is 0 Å². The maximum absolute atomic E-state index is 12.2. The zero-order chi connectivity index (χ0) is 14.5. The number of rotatable bonds is 4. The van der Waals surface area contributed by atoms with Crippen molar-refractivity contribution in [1.29, 1.82) is 0 Å². The predicted octanol–water partition coefficient (Wildman–Crippen LogP) is 0.994. The van der Waals surface area contributed by atoms with E-state index in [9.17, 15) is 4.79 Å². The molecular formula is C16H23N3O2. The van der Waals surface area contributed by atoms with E-state index in [2.05, 4.69) is 15.2 Å². The van der Waals surface area contributed by atoms with E-state index in [0.717, 1.165) is 25.3 Å². The van der Waals surface area contributed by atoms with Crippen LogP contribution in [0, 0.1) is 0 Å². The van der Waals surface area contributed by atoms with Gasteiger partial charge in [-0.1, -0.05) is 6.42 Å². The van der Waals surface area contributed by atoms with Gasteiger partial charge in [0.05, 0.1) is 31.7 Å². The standard InChI is InChI=1S/C16H23N3O2/c20-16(10-13-4-6-17-7-5-13)18-14-11-21-12-15(14)19-8-2-1-3-9-19/h4-7,14-15H,1-3,8-12H2,(H,18,20)/t14-,15-/m0/s1. The minimum atomic E-state index is 0.0682. The molecule has 3 rings (SSSR count). The van der Waals surface area contributed by atoms with Crippen molar-refractivity contribution in [3.05, 3.63) is 30.1 Å². The zero-order valence-corrected chi connectivity index (χ0v) is 12.3. The SMILES string of the molecule is O=C(Cc1ccncc1)N[C@H]1COC[C@@H]1N1CCCCC1. The predicted molar refractivity (Wildman–Crippen MR) is 79.9 cm³/mol. The molecule has 2 saturated heterocycles. The second kappa shape index (κ2) is 7.00. The molecule has 0 aromatic carbocycles. The molecule has 5 nitrogen and oxygen atoms in total. The molecule has 5 heteroatoms. The van der Waals surface area contributed by atoms with Crippen LogP contribution in [0.4, 0.5) is 0 Å². The number of ether oxygens (including phenoxy) is 1. The van der Waals surface area contributed by atoms with E-state index in [1.807, 2.05) is 12.1 Å². The monoisotopic (exact) mass is 289 g/mol. The van der Waals surface area contributed by atoms with Crippen molar-refractivity contribution < 1.29 is 9.53 Å². The van der Waals surface area contributed by atoms with Gasteiger partial charge >= 0.3 is 0 Å². The van der Waals surface area contributed by atoms with Gasteiger partial charge in [0.2, 0.25) is 5.91 Å². The van der Waals surface area contributed by atoms with Gasteiger partial charge in [-0.05, 0) is 43.6 Å². The van der Waals surface area contributed by atoms with Crippen molar-refractivity contribution in [2.75, 3.05) is 26.3 Å². The Labute approximate surface area is 125 Å². The molecule has 21 heavy (non-hydrogen) atoms. The van der Waals surface area contributed by atoms with E-state index in [4.69, 9.17) is 4.74 Å². The fourth-order valence-corrected chi connectivity index (χ4v) is 3.23. The summed E-state index contributed by atoms with van der Waals surface area (Å²) >= 11 is 0. The van der Waals surface area contributed by atoms with Crippen LogP contribution in [0.3, 0.4) is 0 Å². The Balaban J connectivity index is 1.54. The lowest BCUT2D eigenvalue weighted by Crippen LogP contribution is -2.52. The molecule has 114 valence electrons. The van der Waals surface area contributed by atoms with Crippen LogP contribution in [-0.4, -0.2) is 54.2 Å². The Hall–Kier alpha value is -1.46. The van der Waals surface area contributed by atoms with Gasteiger partial charge < -0.3 is 10.1 Å². The normalized spacial score (nSPS) is 26.7. The summed E-state index contributed by atoms with van der Waals surface area (Å²) in [5, 5.41) is 3.15. The molecular weight excluding hydrogens is 266 g/mol. The van der Waals surface area contributed by atoms with E-state index in [0.29, 0.717) is 19.1 Å². The number of carbonyl (C=O) groups excluding carboxylic acids is 1. The first-order chi connectivity index (χ1) is 10.3. The van der Waals surface area contributed by atoms with E-state index in [1.54, 1.807) is 12.4 Å². The highest BCUT2D eigenvalue weighted by Crippen LogP contribution is 2.19. The van der Waals surface area contributed by atoms with Gasteiger partial charge in [-0.25, -0.2) is 0 Å². The zero-order valence-electron chi connectivity index (χ0n) is 12.3. The molecule has 1 aromatic heterocycles. The minimum absolute atomic E-state index is 0.0682. The Morgan fingerprint density at radius 1 is 1.24 bits per heavy atom. The van der Waals surface area contributed by atoms with Crippen LogP contribution < -0.4 is 5.32 Å². The van der Waals surface area contributed by atoms with Gasteiger partial charge in [0.25, 0.3) is 0 Å². The number of amides is 1. The lowest BCUT2D eigenvalue weighted by Gasteiger charge is -2.34. The van der Waals surface area contributed by atoms with Gasteiger partial charge in [0.15, 0.2) is 0 Å². The van der Waals surface area contributed by atoms with Crippen molar-refractivity contribution in [3.63, 3.8) is 0 Å². The first kappa shape index (κ1) is 14.5. The smallest absolute Gasteiger partial charge is 0.224 e. The largest absolute Gasteiger partial charge is 0.378 e. The molecule has 2 fully saturated rings. The quantitative estimate of drug-likeness (QED) is 0.898. The maximum Gasteiger partial charge on any atom is 0.224 e. The molecule has 2 aliphatic rings. The van der Waals surface area contributed by atoms with Crippen molar-refractivity contribution >= 4 is 5.91 Å². The van der Waals surface area contributed by atoms with Crippen LogP contribution in [-0.2, 0) is 16.0 Å². The third-order valence-electron chi connectivity index (χ3n) is 4.37. The number of hydrogen-bond acceptors (Lipinski definition) is 4. The molecule has 0 bridgehead atoms. The highest BCUT2D eigenvalue weighted by atomic mass is 16.5. The highest BCUT2D eigenvalue weighted by Gasteiger charge is 2.34. The van der Waals surface area contributed by atoms with Crippen LogP contribution in [0.15, 0.2) is 24.5 Å². The second-order valence-corrected chi connectivity index (χ2v) is 5.91. The van der Waals surface area contributed by atoms with Crippen LogP contribution in [0.1, 0.15) is 24.8 Å². The molecule has 1 amide bonds. The van der Waals surface area contributed by atoms with Gasteiger partial charge in [0, 0.05) is 12.4 Å². The number of pyridine rings is 1. The van der Waals surface area contributed by atoms with E-state index in [-0.39, 0.29) is 11.9 Å². The molecule has 0 radical (unpaired) electrons. The Kier molecular flexibility index (Phi) is 4.83. The van der Waals surface area contributed by atoms with Crippen LogP contribution in [0.2, 0.25) is 0 Å². The lowest BCUT2D eigenvalue weighted by atomic mass is 10.0. The number of hydrogen-bond donors (Lipinski definition) is 1. The fraction of sp³-hybridized carbons (Fsp3) is 0.625. The van der Waals surface area contributed by atoms with Gasteiger partial charge in [-0.3, -0.25) is 14.7 Å². The van der Waals surface area contributed by atoms with Gasteiger partial charge in [0.1, 0.15) is 0 Å². The number of nitrogens with one attached hydrogen (secondary N) is 1. The lowest BCUT2D eigenvalue weighted by molar-refractivity contribution is -0.121. The van der Waals surface area contributed by atoms with E-state index < -0.39 is 0 Å². The van der Waals surface area contributed by atoms with Crippen LogP contribution >= 0.6 is 0 Å². The molecule has 1 aromatic rings. The van der Waals surface area contributed by atoms with E-state index >= 15 is 0 Å². The van der Waals surface area contributed by atoms with Gasteiger partial charge in [-0.15, -0.1) is 0 Å². The minimum Gasteiger partial charge on any atom is -0.378 e. The van der Waals surface area contributed by atoms with Crippen molar-refractivity contribution in [3.8, 4) is 0 Å². The van der Waals surface area contributed by atoms with Crippen molar-refractivity contribution in [1.82, 2.24) is 15.2 Å². The molecule has 0 spiro atoms. The third-order valence-corrected chi connectivity index (χ3v) is 4.37. The number of aromatic nitrogens is 1. The molecule has 0 saturated carbocycles. The molecule has 1 N–H and O–H groups in total. The maximum atomic E-state index is 12.2. The topological polar surface area (TPSA) is 54.5 Å². The number of likely N-dealkylation sites (tertiary alicyclic amines) is 1. The van der Waals surface area contributed by atoms with E-state index in [1.165, 1.54) is 19.3 Å². The van der Waals surface area contributed by atoms with Crippen LogP contribution in [0.25, 0.3) is 0 Å². The average Bonchev–Trinajstić information content (AvgIpc) is 2.97. The number of nitrogens with zero attached hydrogens (tertiary/aromatic N) is 2. The number of piperidine rings is 1. The molecule has 2 atom stereocenters. The Morgan fingerprint density at radius 3 is 2.76 bits per heavy atom. The first-order valence-electron chi connectivity index (χ1n) is 7.83. The molecule has 0 aliphatic carbocycles. The highest BCUT2D eigenvalue weighted by molar-refractivity contribution is 5.78. The average molecular weight is 289 g/mol. The molecule has 3 heterocycles.